The summed E-state index contributed by atoms with van der Waals surface area (Å²) in [7, 11) is 0. The van der Waals surface area contributed by atoms with Crippen molar-refractivity contribution in [2.45, 2.75) is 67.5 Å². The molecule has 10 saturated heterocycles. The van der Waals surface area contributed by atoms with Crippen molar-refractivity contribution in [2.24, 2.45) is 0 Å². The molecule has 100 valence electrons. The van der Waals surface area contributed by atoms with Crippen LogP contribution in [0.5, 0.6) is 0 Å². The minimum absolute atomic E-state index is 0.886. The molecule has 0 radical (unpaired) electrons. The maximum atomic E-state index is 8.89. The van der Waals surface area contributed by atoms with E-state index in [1.165, 1.54) is 43.3 Å². The minimum atomic E-state index is -2.65. The van der Waals surface area contributed by atoms with Crippen LogP contribution in [0, 0.1) is 0 Å². The van der Waals surface area contributed by atoms with E-state index in [0.717, 1.165) is 17.3 Å². The summed E-state index contributed by atoms with van der Waals surface area (Å²) >= 11 is 0. The molecule has 0 aromatic rings. The van der Waals surface area contributed by atoms with Gasteiger partial charge in [0, 0.05) is 5.97 Å². The topological polar surface area (TPSA) is 67.8 Å². The van der Waals surface area contributed by atoms with E-state index in [1.54, 1.807) is 0 Å². The summed E-state index contributed by atoms with van der Waals surface area (Å²) in [6.07, 6.45) is 0. The van der Waals surface area contributed by atoms with Gasteiger partial charge in [0.1, 0.15) is 0 Å². The Bertz CT molecular complexity index is 895. The molecule has 5 atom stereocenters. The van der Waals surface area contributed by atoms with Gasteiger partial charge in [-0.15, -0.1) is 0 Å². The van der Waals surface area contributed by atoms with E-state index in [4.69, 9.17) is 9.90 Å². The summed E-state index contributed by atoms with van der Waals surface area (Å²) in [5.74, 6) is -1.08. The normalized spacial score (nSPS) is 114. The predicted molar refractivity (Wildman–Crippen MR) is 59.5 cm³/mol. The third-order valence-corrected chi connectivity index (χ3v) is 58.4. The van der Waals surface area contributed by atoms with E-state index in [1.807, 2.05) is 0 Å². The molecule has 4 heteroatoms. The zero-order valence-electron chi connectivity index (χ0n) is 10.7. The number of carboxylic acids is 1. The van der Waals surface area contributed by atoms with Crippen LogP contribution in [0.1, 0.15) is 13.8 Å². The van der Waals surface area contributed by atoms with Gasteiger partial charge in [-0.2, -0.15) is 0 Å². The zero-order valence-corrected chi connectivity index (χ0v) is 11.8. The first-order chi connectivity index (χ1) is 8.22. The Hall–Kier alpha value is -0.0505. The Kier molecular flexibility index (Phi) is 0.260. The Morgan fingerprint density at radius 1 is 1.11 bits per heavy atom. The molecule has 0 saturated carbocycles. The van der Waals surface area contributed by atoms with Crippen LogP contribution in [0.15, 0.2) is 0 Å². The molecule has 10 fully saturated rings. The van der Waals surface area contributed by atoms with Crippen molar-refractivity contribution in [3.05, 3.63) is 0 Å². The first-order valence-electron chi connectivity index (χ1n) is 7.44. The van der Waals surface area contributed by atoms with Gasteiger partial charge in [-0.1, -0.05) is 0 Å². The summed E-state index contributed by atoms with van der Waals surface area (Å²) < 4.78 is 1.08. The molecule has 0 aromatic heterocycles. The fraction of sp³-hybridized carbons (Fsp3) is 0.929. The molecule has 3 N–H and O–H groups in total. The van der Waals surface area contributed by atoms with Crippen LogP contribution < -0.4 is 10.8 Å². The van der Waals surface area contributed by atoms with Crippen molar-refractivity contribution in [1.29, 1.82) is 0 Å². The van der Waals surface area contributed by atoms with Gasteiger partial charge < -0.3 is 9.90 Å². The van der Waals surface area contributed by atoms with Crippen LogP contribution >= 0.6 is 0 Å². The Morgan fingerprint density at radius 3 is 1.50 bits per heavy atom. The van der Waals surface area contributed by atoms with Crippen LogP contribution in [0.25, 0.3) is 0 Å². The van der Waals surface area contributed by atoms with Crippen LogP contribution in [-0.4, -0.2) is 12.0 Å². The number of carboxylic acid groups (broad SMARTS) is 1. The monoisotopic (exact) mass is 289 g/mol. The molecule has 1 spiro atoms. The first kappa shape index (κ1) is 7.66. The van der Waals surface area contributed by atoms with Gasteiger partial charge in [0.15, 0.2) is 0 Å². The van der Waals surface area contributed by atoms with Gasteiger partial charge >= 0.3 is 72.9 Å². The number of carbonyl (C=O) groups is 1. The van der Waals surface area contributed by atoms with Crippen molar-refractivity contribution in [2.75, 3.05) is 0 Å². The van der Waals surface area contributed by atoms with E-state index in [9.17, 15) is 0 Å². The Labute approximate surface area is 95.8 Å². The standard InChI is InChI=1S/C7H10N.C5H5.C2H4O2.Fe/c1-6(8)7-4-2-3-5-7;1-2-4-5-3-1;1-2(3)4;/h2-6H,8H2,1H3;1-5H;1H3,(H,3,4);. The number of carbonyl (C=O) groups excluding carboxylic acids is 1. The third-order valence-electron chi connectivity index (χ3n) is 15.5. The van der Waals surface area contributed by atoms with E-state index < -0.39 is 12.5 Å². The van der Waals surface area contributed by atoms with Gasteiger partial charge in [-0.05, 0) is 6.92 Å². The number of rotatable bonds is 1. The quantitative estimate of drug-likeness (QED) is 0.735. The molecule has 0 amide bonds. The number of hydrogen-bond acceptors (Lipinski definition) is 2. The van der Waals surface area contributed by atoms with Crippen molar-refractivity contribution < 1.29 is 22.1 Å². The molecule has 0 bridgehead atoms. The fourth-order valence-corrected chi connectivity index (χ4v) is 93.8. The second kappa shape index (κ2) is 0.612. The van der Waals surface area contributed by atoms with Crippen molar-refractivity contribution in [3.8, 4) is 0 Å². The summed E-state index contributed by atoms with van der Waals surface area (Å²) in [5, 5.41) is 8.89. The van der Waals surface area contributed by atoms with Crippen LogP contribution in [0.3, 0.4) is 0 Å². The van der Waals surface area contributed by atoms with Crippen molar-refractivity contribution >= 4 is 5.97 Å². The van der Waals surface area contributed by atoms with Crippen molar-refractivity contribution in [3.63, 3.8) is 0 Å². The molecule has 18 heavy (non-hydrogen) atoms. The summed E-state index contributed by atoms with van der Waals surface area (Å²) in [5.41, 5.74) is 4.57. The van der Waals surface area contributed by atoms with Crippen LogP contribution in [-0.2, 0) is 11.3 Å². The molecular weight excluding hydrogens is 270 g/mol. The number of hydrogen-bond donors (Lipinski definition) is 1. The molecule has 10 aliphatic heterocycles. The second-order valence-corrected chi connectivity index (χ2v) is 34.7. The Balaban J connectivity index is 0.000000155. The molecule has 10 aliphatic rings. The van der Waals surface area contributed by atoms with Gasteiger partial charge in [0.2, 0.25) is 0 Å². The molecule has 5 unspecified atom stereocenters. The van der Waals surface area contributed by atoms with Gasteiger partial charge in [0.25, 0.3) is 0 Å². The second-order valence-electron chi connectivity index (χ2n) is 11.1. The third kappa shape index (κ3) is 0.0744. The molecule has 10 rings (SSSR count). The number of quaternary nitrogens is 1. The average Bonchev–Trinajstić information content (AvgIpc) is 3.23. The van der Waals surface area contributed by atoms with Crippen molar-refractivity contribution in [1.82, 2.24) is 0 Å². The number of fused-ring (bicyclic) bond motifs is 10. The van der Waals surface area contributed by atoms with Gasteiger partial charge in [-0.3, -0.25) is 0 Å². The summed E-state index contributed by atoms with van der Waals surface area (Å²) in [4.78, 5) is 22.4. The number of aliphatic carboxylic acids is 1. The molecule has 10 heterocycles. The van der Waals surface area contributed by atoms with Crippen LogP contribution in [0.4, 0.5) is 0 Å². The first-order valence-corrected chi connectivity index (χ1v) is 13.7. The van der Waals surface area contributed by atoms with Gasteiger partial charge in [0.05, 0.1) is 0 Å². The molecule has 3 nitrogen and oxygen atoms in total. The average molecular weight is 289 g/mol. The summed E-state index contributed by atoms with van der Waals surface area (Å²) in [6.45, 7) is 0.835. The van der Waals surface area contributed by atoms with Crippen LogP contribution in [0.2, 0.25) is 47.7 Å². The van der Waals surface area contributed by atoms with E-state index >= 15 is 0 Å². The maximum absolute atomic E-state index is 8.89. The zero-order chi connectivity index (χ0) is 12.2. The van der Waals surface area contributed by atoms with E-state index in [0.29, 0.717) is 0 Å². The Morgan fingerprint density at radius 2 is 1.44 bits per heavy atom. The molecule has 0 aliphatic carbocycles. The molecular formula is C14H19FeNO2. The van der Waals surface area contributed by atoms with E-state index in [-0.39, 0.29) is 0 Å². The fourth-order valence-electron chi connectivity index (χ4n) is 17.8. The van der Waals surface area contributed by atoms with Gasteiger partial charge in [-0.25, -0.2) is 0 Å². The molecule has 0 aromatic carbocycles. The summed E-state index contributed by atoms with van der Waals surface area (Å²) in [6, 6.07) is 0.886. The SMILES string of the molecule is CC(=O)[O-].CC([NH3+])[C]12[CH]3[CH]4[CH]5[CH]1[Fe]45321678[CH]2[CH]1[CH]6[CH]7[CH]28. The predicted octanol–water partition coefficient (Wildman–Crippen LogP) is 1.13. The van der Waals surface area contributed by atoms with E-state index in [2.05, 4.69) is 12.7 Å².